The van der Waals surface area contributed by atoms with E-state index in [-0.39, 0.29) is 17.2 Å². The van der Waals surface area contributed by atoms with Gasteiger partial charge in [0.25, 0.3) is 5.91 Å². The second kappa shape index (κ2) is 8.97. The summed E-state index contributed by atoms with van der Waals surface area (Å²) < 4.78 is 7.33. The summed E-state index contributed by atoms with van der Waals surface area (Å²) in [6.45, 7) is 4.41. The van der Waals surface area contributed by atoms with Crippen LogP contribution in [0.25, 0.3) is 0 Å². The van der Waals surface area contributed by atoms with Gasteiger partial charge in [0.1, 0.15) is 28.9 Å². The Morgan fingerprint density at radius 1 is 1.16 bits per heavy atom. The van der Waals surface area contributed by atoms with Crippen molar-refractivity contribution in [2.75, 3.05) is 17.2 Å². The number of anilines is 2. The molecule has 0 saturated carbocycles. The summed E-state index contributed by atoms with van der Waals surface area (Å²) in [5.41, 5.74) is 2.78. The van der Waals surface area contributed by atoms with Crippen LogP contribution < -0.4 is 15.4 Å². The zero-order valence-corrected chi connectivity index (χ0v) is 17.8. The molecule has 0 aliphatic carbocycles. The van der Waals surface area contributed by atoms with Crippen molar-refractivity contribution in [2.45, 2.75) is 26.3 Å². The summed E-state index contributed by atoms with van der Waals surface area (Å²) in [5.74, 6) is -0.570. The first-order valence-corrected chi connectivity index (χ1v) is 10.4. The minimum Gasteiger partial charge on any atom is -0.494 e. The Kier molecular flexibility index (Phi) is 5.93. The first kappa shape index (κ1) is 21.2. The van der Waals surface area contributed by atoms with Crippen LogP contribution in [-0.4, -0.2) is 33.4 Å². The highest BCUT2D eigenvalue weighted by molar-refractivity contribution is 6.08. The van der Waals surface area contributed by atoms with E-state index < -0.39 is 12.0 Å². The number of nitrogens with zero attached hydrogens (tertiary/aromatic N) is 2. The molecule has 8 nitrogen and oxygen atoms in total. The van der Waals surface area contributed by atoms with E-state index in [1.807, 2.05) is 55.5 Å². The molecule has 164 valence electrons. The fourth-order valence-corrected chi connectivity index (χ4v) is 3.64. The van der Waals surface area contributed by atoms with Gasteiger partial charge in [0.2, 0.25) is 0 Å². The summed E-state index contributed by atoms with van der Waals surface area (Å²) in [5, 5.41) is 19.8. The normalized spacial score (nSPS) is 14.7. The van der Waals surface area contributed by atoms with Gasteiger partial charge in [0.05, 0.1) is 12.8 Å². The highest BCUT2D eigenvalue weighted by Gasteiger charge is 2.30. The molecule has 1 amide bonds. The maximum absolute atomic E-state index is 13.0. The van der Waals surface area contributed by atoms with E-state index in [2.05, 4.69) is 22.7 Å². The molecule has 1 aromatic heterocycles. The fraction of sp³-hybridized carbons (Fsp3) is 0.208. The van der Waals surface area contributed by atoms with Gasteiger partial charge in [0.15, 0.2) is 0 Å². The third kappa shape index (κ3) is 4.07. The van der Waals surface area contributed by atoms with Crippen LogP contribution in [0.5, 0.6) is 5.75 Å². The lowest BCUT2D eigenvalue weighted by Gasteiger charge is -2.25. The van der Waals surface area contributed by atoms with E-state index in [0.717, 1.165) is 12.0 Å². The van der Waals surface area contributed by atoms with Crippen LogP contribution in [0, 0.1) is 0 Å². The molecular formula is C24H24N4O4. The molecule has 1 aliphatic rings. The topological polar surface area (TPSA) is 105 Å². The number of aliphatic carboxylic acids is 1. The number of carbonyl (C=O) groups is 2. The van der Waals surface area contributed by atoms with Crippen molar-refractivity contribution in [3.05, 3.63) is 83.2 Å². The monoisotopic (exact) mass is 432 g/mol. The zero-order valence-electron chi connectivity index (χ0n) is 17.8. The van der Waals surface area contributed by atoms with Gasteiger partial charge in [-0.05, 0) is 43.2 Å². The van der Waals surface area contributed by atoms with E-state index in [4.69, 9.17) is 4.74 Å². The molecule has 32 heavy (non-hydrogen) atoms. The maximum atomic E-state index is 13.0. The number of benzene rings is 2. The summed E-state index contributed by atoms with van der Waals surface area (Å²) in [6, 6.07) is 14.4. The number of fused-ring (bicyclic) bond motifs is 1. The van der Waals surface area contributed by atoms with Crippen molar-refractivity contribution in [3.63, 3.8) is 0 Å². The summed E-state index contributed by atoms with van der Waals surface area (Å²) in [6.07, 6.45) is 3.91. The number of carboxylic acid groups (broad SMARTS) is 1. The Morgan fingerprint density at radius 2 is 1.91 bits per heavy atom. The van der Waals surface area contributed by atoms with Gasteiger partial charge in [-0.25, -0.2) is 9.48 Å². The number of nitrogens with one attached hydrogen (secondary N) is 2. The molecule has 0 fully saturated rings. The standard InChI is InChI=1S/C24H24N4O4/c1-3-15-9-11-16(12-10-15)26-23(29)18-14-25-28-20(13-19(24(30)31)27-22(18)28)17-7-5-6-8-21(17)32-4-2/h5-14,20,27H,3-4H2,1-2H3,(H,26,29)(H,30,31)/t20-/m0/s1. The van der Waals surface area contributed by atoms with Crippen LogP contribution in [0.3, 0.4) is 0 Å². The molecule has 1 aliphatic heterocycles. The highest BCUT2D eigenvalue weighted by Crippen LogP contribution is 2.36. The van der Waals surface area contributed by atoms with Crippen LogP contribution in [-0.2, 0) is 11.2 Å². The maximum Gasteiger partial charge on any atom is 0.352 e. The number of carboxylic acids is 1. The molecule has 0 radical (unpaired) electrons. The van der Waals surface area contributed by atoms with E-state index in [1.54, 1.807) is 10.8 Å². The molecule has 4 rings (SSSR count). The van der Waals surface area contributed by atoms with E-state index in [0.29, 0.717) is 23.9 Å². The average molecular weight is 432 g/mol. The Bertz CT molecular complexity index is 1180. The first-order valence-electron chi connectivity index (χ1n) is 10.4. The highest BCUT2D eigenvalue weighted by atomic mass is 16.5. The molecule has 0 spiro atoms. The minimum absolute atomic E-state index is 0.0318. The third-order valence-corrected chi connectivity index (χ3v) is 5.27. The minimum atomic E-state index is -1.13. The Hall–Kier alpha value is -4.07. The van der Waals surface area contributed by atoms with Gasteiger partial charge in [-0.3, -0.25) is 4.79 Å². The van der Waals surface area contributed by atoms with Gasteiger partial charge in [-0.15, -0.1) is 0 Å². The van der Waals surface area contributed by atoms with Crippen molar-refractivity contribution < 1.29 is 19.4 Å². The molecule has 2 aromatic carbocycles. The number of aromatic nitrogens is 2. The third-order valence-electron chi connectivity index (χ3n) is 5.27. The molecule has 3 N–H and O–H groups in total. The summed E-state index contributed by atoms with van der Waals surface area (Å²) >= 11 is 0. The SMILES string of the molecule is CCOc1ccccc1[C@@H]1C=C(C(=O)O)Nc2c(C(=O)Nc3ccc(CC)cc3)cnn21. The van der Waals surface area contributed by atoms with Crippen molar-refractivity contribution in [1.82, 2.24) is 9.78 Å². The predicted octanol–water partition coefficient (Wildman–Crippen LogP) is 4.08. The second-order valence-corrected chi connectivity index (χ2v) is 7.28. The molecule has 0 saturated heterocycles. The number of ether oxygens (including phenoxy) is 1. The van der Waals surface area contributed by atoms with E-state index in [1.165, 1.54) is 11.8 Å². The quantitative estimate of drug-likeness (QED) is 0.520. The largest absolute Gasteiger partial charge is 0.494 e. The van der Waals surface area contributed by atoms with Gasteiger partial charge >= 0.3 is 5.97 Å². The lowest BCUT2D eigenvalue weighted by atomic mass is 10.0. The van der Waals surface area contributed by atoms with E-state index in [9.17, 15) is 14.7 Å². The number of amides is 1. The molecular weight excluding hydrogens is 408 g/mol. The number of aryl methyl sites for hydroxylation is 1. The predicted molar refractivity (Wildman–Crippen MR) is 121 cm³/mol. The van der Waals surface area contributed by atoms with Crippen LogP contribution in [0.4, 0.5) is 11.5 Å². The smallest absolute Gasteiger partial charge is 0.352 e. The molecule has 2 heterocycles. The Balaban J connectivity index is 1.71. The molecule has 0 bridgehead atoms. The van der Waals surface area contributed by atoms with Gasteiger partial charge in [-0.1, -0.05) is 37.3 Å². The van der Waals surface area contributed by atoms with Crippen LogP contribution >= 0.6 is 0 Å². The number of rotatable bonds is 7. The van der Waals surface area contributed by atoms with Crippen LogP contribution in [0.2, 0.25) is 0 Å². The second-order valence-electron chi connectivity index (χ2n) is 7.28. The van der Waals surface area contributed by atoms with Gasteiger partial charge in [0, 0.05) is 11.3 Å². The lowest BCUT2D eigenvalue weighted by Crippen LogP contribution is -2.26. The van der Waals surface area contributed by atoms with E-state index >= 15 is 0 Å². The van der Waals surface area contributed by atoms with Crippen LogP contribution in [0.1, 0.15) is 41.4 Å². The summed E-state index contributed by atoms with van der Waals surface area (Å²) in [7, 11) is 0. The number of para-hydroxylation sites is 1. The van der Waals surface area contributed by atoms with Gasteiger partial charge in [-0.2, -0.15) is 5.10 Å². The lowest BCUT2D eigenvalue weighted by molar-refractivity contribution is -0.132. The van der Waals surface area contributed by atoms with Gasteiger partial charge < -0.3 is 20.5 Å². The van der Waals surface area contributed by atoms with Crippen molar-refractivity contribution in [3.8, 4) is 5.75 Å². The molecule has 8 heteroatoms. The van der Waals surface area contributed by atoms with Crippen molar-refractivity contribution in [2.24, 2.45) is 0 Å². The molecule has 0 unspecified atom stereocenters. The molecule has 3 aromatic rings. The number of allylic oxidation sites excluding steroid dienone is 1. The Labute approximate surface area is 185 Å². The van der Waals surface area contributed by atoms with Crippen molar-refractivity contribution in [1.29, 1.82) is 0 Å². The average Bonchev–Trinajstić information content (AvgIpc) is 3.24. The number of hydrogen-bond donors (Lipinski definition) is 3. The first-order chi connectivity index (χ1) is 15.5. The number of hydrogen-bond acceptors (Lipinski definition) is 5. The molecule has 1 atom stereocenters. The Morgan fingerprint density at radius 3 is 2.59 bits per heavy atom. The number of carbonyl (C=O) groups excluding carboxylic acids is 1. The van der Waals surface area contributed by atoms with Crippen LogP contribution in [0.15, 0.2) is 66.5 Å². The summed E-state index contributed by atoms with van der Waals surface area (Å²) in [4.78, 5) is 24.8. The fourth-order valence-electron chi connectivity index (χ4n) is 3.64. The zero-order chi connectivity index (χ0) is 22.7. The van der Waals surface area contributed by atoms with Crippen molar-refractivity contribution >= 4 is 23.4 Å².